The highest BCUT2D eigenvalue weighted by molar-refractivity contribution is 7.14. The van der Waals surface area contributed by atoms with E-state index < -0.39 is 12.2 Å². The summed E-state index contributed by atoms with van der Waals surface area (Å²) in [5.74, 6) is -0.779. The highest BCUT2D eigenvalue weighted by Gasteiger charge is 2.54. The third-order valence-corrected chi connectivity index (χ3v) is 7.30. The molecule has 2 aromatic carbocycles. The average Bonchev–Trinajstić information content (AvgIpc) is 3.58. The van der Waals surface area contributed by atoms with Gasteiger partial charge in [-0.3, -0.25) is 14.5 Å². The van der Waals surface area contributed by atoms with Gasteiger partial charge in [-0.25, -0.2) is 0 Å². The fraction of sp³-hybridized carbons (Fsp3) is 0.360. The van der Waals surface area contributed by atoms with E-state index in [-0.39, 0.29) is 35.1 Å². The maximum atomic E-state index is 13.2. The summed E-state index contributed by atoms with van der Waals surface area (Å²) >= 11 is 1.31. The Bertz CT molecular complexity index is 1240. The zero-order chi connectivity index (χ0) is 25.1. The number of anilines is 1. The minimum atomic E-state index is -3.07. The number of hydrogen-bond acceptors (Lipinski definition) is 8. The van der Waals surface area contributed by atoms with Gasteiger partial charge in [-0.2, -0.15) is 8.78 Å². The molecule has 11 heteroatoms. The number of morpholine rings is 1. The van der Waals surface area contributed by atoms with Crippen molar-refractivity contribution in [3.63, 3.8) is 0 Å². The summed E-state index contributed by atoms with van der Waals surface area (Å²) in [6, 6.07) is 13.6. The molecule has 1 aliphatic carbocycles. The van der Waals surface area contributed by atoms with Gasteiger partial charge in [0.1, 0.15) is 21.3 Å². The van der Waals surface area contributed by atoms with Gasteiger partial charge in [-0.1, -0.05) is 41.7 Å². The predicted molar refractivity (Wildman–Crippen MR) is 129 cm³/mol. The van der Waals surface area contributed by atoms with Crippen LogP contribution in [0.4, 0.5) is 14.5 Å². The Morgan fingerprint density at radius 3 is 2.56 bits per heavy atom. The molecule has 0 atom stereocenters. The lowest BCUT2D eigenvalue weighted by Crippen LogP contribution is -2.51. The Labute approximate surface area is 210 Å². The zero-order valence-electron chi connectivity index (χ0n) is 19.3. The normalized spacial score (nSPS) is 17.1. The van der Waals surface area contributed by atoms with E-state index in [0.29, 0.717) is 49.2 Å². The largest absolute Gasteiger partial charge is 0.433 e. The number of ether oxygens (including phenoxy) is 2. The highest BCUT2D eigenvalue weighted by atomic mass is 32.1. The number of carbonyl (C=O) groups is 2. The summed E-state index contributed by atoms with van der Waals surface area (Å²) in [4.78, 5) is 28.3. The molecule has 1 saturated heterocycles. The molecule has 1 amide bonds. The number of rotatable bonds is 9. The zero-order valence-corrected chi connectivity index (χ0v) is 20.1. The van der Waals surface area contributed by atoms with E-state index in [1.165, 1.54) is 29.5 Å². The molecule has 0 spiro atoms. The molecule has 1 aromatic heterocycles. The Kier molecular flexibility index (Phi) is 7.04. The van der Waals surface area contributed by atoms with Crippen LogP contribution in [0.3, 0.4) is 0 Å². The van der Waals surface area contributed by atoms with Crippen LogP contribution in [-0.4, -0.2) is 65.2 Å². The van der Waals surface area contributed by atoms with Crippen LogP contribution >= 0.6 is 11.3 Å². The summed E-state index contributed by atoms with van der Waals surface area (Å²) in [5, 5.41) is 12.2. The second kappa shape index (κ2) is 10.4. The van der Waals surface area contributed by atoms with Crippen molar-refractivity contribution in [2.75, 3.05) is 31.6 Å². The van der Waals surface area contributed by atoms with Crippen LogP contribution in [0, 0.1) is 0 Å². The Hall–Kier alpha value is -3.28. The first-order valence-corrected chi connectivity index (χ1v) is 12.4. The lowest BCUT2D eigenvalue weighted by molar-refractivity contribution is -0.124. The van der Waals surface area contributed by atoms with Crippen molar-refractivity contribution >= 4 is 28.7 Å². The summed E-state index contributed by atoms with van der Waals surface area (Å²) in [6.45, 7) is -0.750. The molecule has 3 aromatic rings. The molecule has 36 heavy (non-hydrogen) atoms. The van der Waals surface area contributed by atoms with E-state index in [1.807, 2.05) is 30.3 Å². The molecule has 8 nitrogen and oxygen atoms in total. The van der Waals surface area contributed by atoms with Crippen LogP contribution in [-0.2, 0) is 16.0 Å². The number of benzene rings is 2. The first-order chi connectivity index (χ1) is 17.4. The fourth-order valence-electron chi connectivity index (χ4n) is 4.30. The molecular formula is C25H24F2N4O4S. The standard InChI is InChI=1S/C25H24F2N4O4S/c26-24(27)35-20-7-6-17(19(32)15-21-29-30-22(36-21)16-4-2-1-3-5-16)14-18(20)28-23(33)25(8-9-25)31-10-12-34-13-11-31/h1-7,14,24H,8-13,15H2,(H,28,33). The van der Waals surface area contributed by atoms with Crippen molar-refractivity contribution in [3.8, 4) is 16.3 Å². The van der Waals surface area contributed by atoms with Gasteiger partial charge in [0, 0.05) is 24.2 Å². The van der Waals surface area contributed by atoms with Crippen molar-refractivity contribution in [1.82, 2.24) is 15.1 Å². The molecule has 0 unspecified atom stereocenters. The molecule has 2 fully saturated rings. The van der Waals surface area contributed by atoms with Gasteiger partial charge in [0.25, 0.3) is 0 Å². The number of carbonyl (C=O) groups excluding carboxylic acids is 2. The number of Topliss-reactive ketones (excluding diaryl/α,β-unsaturated/α-hetero) is 1. The number of nitrogens with zero attached hydrogens (tertiary/aromatic N) is 3. The number of alkyl halides is 2. The summed E-state index contributed by atoms with van der Waals surface area (Å²) in [5.41, 5.74) is 0.501. The number of nitrogens with one attached hydrogen (secondary N) is 1. The second-order valence-corrected chi connectivity index (χ2v) is 9.70. The van der Waals surface area contributed by atoms with Gasteiger partial charge in [0.2, 0.25) is 5.91 Å². The maximum Gasteiger partial charge on any atom is 0.387 e. The van der Waals surface area contributed by atoms with E-state index in [9.17, 15) is 18.4 Å². The first-order valence-electron chi connectivity index (χ1n) is 11.6. The molecular weight excluding hydrogens is 490 g/mol. The van der Waals surface area contributed by atoms with Gasteiger partial charge < -0.3 is 14.8 Å². The van der Waals surface area contributed by atoms with E-state index >= 15 is 0 Å². The lowest BCUT2D eigenvalue weighted by Gasteiger charge is -2.33. The number of ketones is 1. The summed E-state index contributed by atoms with van der Waals surface area (Å²) in [7, 11) is 0. The molecule has 188 valence electrons. The minimum absolute atomic E-state index is 0.00927. The smallest absolute Gasteiger partial charge is 0.387 e. The summed E-state index contributed by atoms with van der Waals surface area (Å²) in [6.07, 6.45) is 1.33. The first kappa shape index (κ1) is 24.4. The van der Waals surface area contributed by atoms with Crippen LogP contribution in [0.15, 0.2) is 48.5 Å². The van der Waals surface area contributed by atoms with Crippen molar-refractivity contribution in [2.24, 2.45) is 0 Å². The SMILES string of the molecule is O=C(Cc1nnc(-c2ccccc2)s1)c1ccc(OC(F)F)c(NC(=O)C2(N3CCOCC3)CC2)c1. The molecule has 0 radical (unpaired) electrons. The number of hydrogen-bond donors (Lipinski definition) is 1. The summed E-state index contributed by atoms with van der Waals surface area (Å²) < 4.78 is 36.0. The van der Waals surface area contributed by atoms with Crippen LogP contribution in [0.25, 0.3) is 10.6 Å². The lowest BCUT2D eigenvalue weighted by atomic mass is 10.1. The van der Waals surface area contributed by atoms with E-state index in [2.05, 4.69) is 25.2 Å². The second-order valence-electron chi connectivity index (χ2n) is 8.64. The monoisotopic (exact) mass is 514 g/mol. The molecule has 1 saturated carbocycles. The highest BCUT2D eigenvalue weighted by Crippen LogP contribution is 2.43. The van der Waals surface area contributed by atoms with E-state index in [1.54, 1.807) is 0 Å². The molecule has 1 N–H and O–H groups in total. The van der Waals surface area contributed by atoms with E-state index in [0.717, 1.165) is 5.56 Å². The molecule has 2 heterocycles. The van der Waals surface area contributed by atoms with Crippen LogP contribution in [0.1, 0.15) is 28.2 Å². The quantitative estimate of drug-likeness (QED) is 0.431. The van der Waals surface area contributed by atoms with Crippen molar-refractivity contribution < 1.29 is 27.8 Å². The minimum Gasteiger partial charge on any atom is -0.433 e. The van der Waals surface area contributed by atoms with Gasteiger partial charge >= 0.3 is 6.61 Å². The van der Waals surface area contributed by atoms with Crippen LogP contribution < -0.4 is 10.1 Å². The average molecular weight is 515 g/mol. The Balaban J connectivity index is 1.33. The fourth-order valence-corrected chi connectivity index (χ4v) is 5.14. The van der Waals surface area contributed by atoms with Crippen molar-refractivity contribution in [2.45, 2.75) is 31.4 Å². The van der Waals surface area contributed by atoms with E-state index in [4.69, 9.17) is 4.74 Å². The number of halogens is 2. The Morgan fingerprint density at radius 2 is 1.86 bits per heavy atom. The van der Waals surface area contributed by atoms with Gasteiger partial charge in [0.15, 0.2) is 5.78 Å². The molecule has 2 aliphatic rings. The predicted octanol–water partition coefficient (Wildman–Crippen LogP) is 4.04. The van der Waals surface area contributed by atoms with Gasteiger partial charge in [-0.15, -0.1) is 10.2 Å². The molecule has 1 aliphatic heterocycles. The van der Waals surface area contributed by atoms with Crippen molar-refractivity contribution in [3.05, 3.63) is 59.1 Å². The third-order valence-electron chi connectivity index (χ3n) is 6.33. The van der Waals surface area contributed by atoms with Gasteiger partial charge in [-0.05, 0) is 31.0 Å². The van der Waals surface area contributed by atoms with Crippen LogP contribution in [0.5, 0.6) is 5.75 Å². The molecule has 0 bridgehead atoms. The third kappa shape index (κ3) is 5.28. The maximum absolute atomic E-state index is 13.2. The number of aromatic nitrogens is 2. The van der Waals surface area contributed by atoms with Gasteiger partial charge in [0.05, 0.1) is 25.3 Å². The topological polar surface area (TPSA) is 93.7 Å². The Morgan fingerprint density at radius 1 is 1.11 bits per heavy atom. The number of amides is 1. The molecule has 5 rings (SSSR count). The van der Waals surface area contributed by atoms with Crippen LogP contribution in [0.2, 0.25) is 0 Å². The van der Waals surface area contributed by atoms with Crippen molar-refractivity contribution in [1.29, 1.82) is 0 Å².